The van der Waals surface area contributed by atoms with Crippen LogP contribution in [0.3, 0.4) is 0 Å². The van der Waals surface area contributed by atoms with Gasteiger partial charge in [0.25, 0.3) is 0 Å². The molecule has 0 amide bonds. The van der Waals surface area contributed by atoms with Crippen LogP contribution in [0.2, 0.25) is 0 Å². The molecule has 0 aliphatic carbocycles. The smallest absolute Gasteiger partial charge is 0.0568 e. The molecule has 0 atom stereocenters. The van der Waals surface area contributed by atoms with Gasteiger partial charge in [-0.2, -0.15) is 5.10 Å². The summed E-state index contributed by atoms with van der Waals surface area (Å²) < 4.78 is 1.85. The highest BCUT2D eigenvalue weighted by Crippen LogP contribution is 2.31. The Kier molecular flexibility index (Phi) is 2.82. The van der Waals surface area contributed by atoms with Crippen molar-refractivity contribution in [3.63, 3.8) is 0 Å². The molecule has 1 aromatic heterocycles. The summed E-state index contributed by atoms with van der Waals surface area (Å²) in [5.74, 6) is 0. The van der Waals surface area contributed by atoms with E-state index in [0.717, 1.165) is 6.54 Å². The van der Waals surface area contributed by atoms with E-state index in [-0.39, 0.29) is 0 Å². The molecule has 3 heteroatoms. The first-order chi connectivity index (χ1) is 8.78. The zero-order valence-electron chi connectivity index (χ0n) is 11.1. The van der Waals surface area contributed by atoms with Crippen LogP contribution in [-0.2, 0) is 13.5 Å². The van der Waals surface area contributed by atoms with Crippen LogP contribution in [0.5, 0.6) is 0 Å². The summed E-state index contributed by atoms with van der Waals surface area (Å²) in [6.45, 7) is 4.50. The molecule has 0 spiro atoms. The molecule has 2 heterocycles. The lowest BCUT2D eigenvalue weighted by Crippen LogP contribution is -2.28. The van der Waals surface area contributed by atoms with E-state index >= 15 is 0 Å². The minimum atomic E-state index is 1.09. The Morgan fingerprint density at radius 1 is 1.28 bits per heavy atom. The number of rotatable bonds is 2. The summed E-state index contributed by atoms with van der Waals surface area (Å²) in [5.41, 5.74) is 5.35. The maximum atomic E-state index is 4.25. The molecule has 0 radical (unpaired) electrons. The number of benzene rings is 1. The standard InChI is InChI=1S/C15H19N3/c1-3-18-8-4-5-12-6-7-13(9-15(12)18)14-10-16-17(2)11-14/h6-7,9-11H,3-5,8H2,1-2H3. The Morgan fingerprint density at radius 2 is 2.17 bits per heavy atom. The molecule has 0 bridgehead atoms. The predicted octanol–water partition coefficient (Wildman–Crippen LogP) is 2.86. The predicted molar refractivity (Wildman–Crippen MR) is 74.9 cm³/mol. The molecule has 3 nitrogen and oxygen atoms in total. The van der Waals surface area contributed by atoms with Crippen molar-refractivity contribution in [3.8, 4) is 11.1 Å². The largest absolute Gasteiger partial charge is 0.372 e. The minimum Gasteiger partial charge on any atom is -0.372 e. The van der Waals surface area contributed by atoms with Crippen molar-refractivity contribution in [2.24, 2.45) is 7.05 Å². The maximum Gasteiger partial charge on any atom is 0.0568 e. The van der Waals surface area contributed by atoms with Gasteiger partial charge in [0.1, 0.15) is 0 Å². The lowest BCUT2D eigenvalue weighted by molar-refractivity contribution is 0.708. The third-order valence-electron chi connectivity index (χ3n) is 3.72. The fourth-order valence-electron chi connectivity index (χ4n) is 2.73. The summed E-state index contributed by atoms with van der Waals surface area (Å²) in [6, 6.07) is 6.81. The normalized spacial score (nSPS) is 14.7. The van der Waals surface area contributed by atoms with Crippen molar-refractivity contribution in [1.29, 1.82) is 0 Å². The molecule has 0 saturated heterocycles. The van der Waals surface area contributed by atoms with Crippen LogP contribution < -0.4 is 4.90 Å². The lowest BCUT2D eigenvalue weighted by Gasteiger charge is -2.30. The van der Waals surface area contributed by atoms with Gasteiger partial charge in [-0.15, -0.1) is 0 Å². The van der Waals surface area contributed by atoms with Gasteiger partial charge < -0.3 is 4.90 Å². The highest BCUT2D eigenvalue weighted by molar-refractivity contribution is 5.70. The SMILES string of the molecule is CCN1CCCc2ccc(-c3cnn(C)c3)cc21. The molecule has 1 aromatic carbocycles. The van der Waals surface area contributed by atoms with Crippen molar-refractivity contribution in [2.75, 3.05) is 18.0 Å². The molecule has 0 fully saturated rings. The second-order valence-electron chi connectivity index (χ2n) is 4.93. The second kappa shape index (κ2) is 4.48. The fraction of sp³-hybridized carbons (Fsp3) is 0.400. The number of aryl methyl sites for hydroxylation is 2. The maximum absolute atomic E-state index is 4.25. The minimum absolute atomic E-state index is 1.09. The average molecular weight is 241 g/mol. The molecular formula is C15H19N3. The monoisotopic (exact) mass is 241 g/mol. The summed E-state index contributed by atoms with van der Waals surface area (Å²) in [6.07, 6.45) is 6.48. The quantitative estimate of drug-likeness (QED) is 0.806. The van der Waals surface area contributed by atoms with Crippen molar-refractivity contribution in [2.45, 2.75) is 19.8 Å². The Balaban J connectivity index is 2.03. The number of aromatic nitrogens is 2. The van der Waals surface area contributed by atoms with E-state index in [0.29, 0.717) is 0 Å². The molecular weight excluding hydrogens is 222 g/mol. The molecule has 1 aliphatic heterocycles. The fourth-order valence-corrected chi connectivity index (χ4v) is 2.73. The molecule has 18 heavy (non-hydrogen) atoms. The Bertz CT molecular complexity index is 557. The molecule has 3 rings (SSSR count). The van der Waals surface area contributed by atoms with Gasteiger partial charge >= 0.3 is 0 Å². The highest BCUT2D eigenvalue weighted by Gasteiger charge is 2.16. The molecule has 0 saturated carbocycles. The molecule has 0 N–H and O–H groups in total. The van der Waals surface area contributed by atoms with E-state index in [4.69, 9.17) is 0 Å². The topological polar surface area (TPSA) is 21.1 Å². The van der Waals surface area contributed by atoms with Crippen LogP contribution in [0.4, 0.5) is 5.69 Å². The number of hydrogen-bond donors (Lipinski definition) is 0. The summed E-state index contributed by atoms with van der Waals surface area (Å²) in [4.78, 5) is 2.47. The van der Waals surface area contributed by atoms with E-state index < -0.39 is 0 Å². The van der Waals surface area contributed by atoms with Gasteiger partial charge in [0.2, 0.25) is 0 Å². The van der Waals surface area contributed by atoms with Crippen LogP contribution >= 0.6 is 0 Å². The van der Waals surface area contributed by atoms with Gasteiger partial charge in [0, 0.05) is 37.6 Å². The number of hydrogen-bond acceptors (Lipinski definition) is 2. The summed E-state index contributed by atoms with van der Waals surface area (Å²) in [7, 11) is 1.96. The van der Waals surface area contributed by atoms with Gasteiger partial charge in [-0.3, -0.25) is 4.68 Å². The molecule has 0 unspecified atom stereocenters. The molecule has 2 aromatic rings. The lowest BCUT2D eigenvalue weighted by atomic mass is 9.98. The van der Waals surface area contributed by atoms with E-state index in [2.05, 4.69) is 41.3 Å². The first-order valence-corrected chi connectivity index (χ1v) is 6.65. The van der Waals surface area contributed by atoms with Crippen LogP contribution in [0.1, 0.15) is 18.9 Å². The van der Waals surface area contributed by atoms with E-state index in [1.54, 1.807) is 0 Å². The number of fused-ring (bicyclic) bond motifs is 1. The summed E-state index contributed by atoms with van der Waals surface area (Å²) in [5, 5.41) is 4.25. The Morgan fingerprint density at radius 3 is 2.89 bits per heavy atom. The van der Waals surface area contributed by atoms with Gasteiger partial charge in [-0.25, -0.2) is 0 Å². The van der Waals surface area contributed by atoms with Gasteiger partial charge in [-0.05, 0) is 37.0 Å². The van der Waals surface area contributed by atoms with Crippen LogP contribution in [0, 0.1) is 0 Å². The zero-order valence-corrected chi connectivity index (χ0v) is 11.1. The molecule has 94 valence electrons. The first kappa shape index (κ1) is 11.3. The van der Waals surface area contributed by atoms with Crippen LogP contribution in [0.25, 0.3) is 11.1 Å². The summed E-state index contributed by atoms with van der Waals surface area (Å²) >= 11 is 0. The van der Waals surface area contributed by atoms with Crippen molar-refractivity contribution in [1.82, 2.24) is 9.78 Å². The third-order valence-corrected chi connectivity index (χ3v) is 3.72. The Hall–Kier alpha value is -1.77. The van der Waals surface area contributed by atoms with Gasteiger partial charge in [0.15, 0.2) is 0 Å². The van der Waals surface area contributed by atoms with Gasteiger partial charge in [-0.1, -0.05) is 12.1 Å². The van der Waals surface area contributed by atoms with Crippen molar-refractivity contribution < 1.29 is 0 Å². The molecule has 1 aliphatic rings. The highest BCUT2D eigenvalue weighted by atomic mass is 15.2. The van der Waals surface area contributed by atoms with E-state index in [9.17, 15) is 0 Å². The Labute approximate surface area is 108 Å². The van der Waals surface area contributed by atoms with Crippen molar-refractivity contribution >= 4 is 5.69 Å². The van der Waals surface area contributed by atoms with Crippen LogP contribution in [0.15, 0.2) is 30.6 Å². The van der Waals surface area contributed by atoms with E-state index in [1.165, 1.54) is 41.8 Å². The van der Waals surface area contributed by atoms with Crippen LogP contribution in [-0.4, -0.2) is 22.9 Å². The zero-order chi connectivity index (χ0) is 12.5. The number of anilines is 1. The van der Waals surface area contributed by atoms with Gasteiger partial charge in [0.05, 0.1) is 6.20 Å². The number of nitrogens with zero attached hydrogens (tertiary/aromatic N) is 3. The first-order valence-electron chi connectivity index (χ1n) is 6.65. The average Bonchev–Trinajstić information content (AvgIpc) is 2.84. The second-order valence-corrected chi connectivity index (χ2v) is 4.93. The van der Waals surface area contributed by atoms with Crippen molar-refractivity contribution in [3.05, 3.63) is 36.2 Å². The third kappa shape index (κ3) is 1.90. The van der Waals surface area contributed by atoms with E-state index in [1.807, 2.05) is 17.9 Å².